The zero-order valence-corrected chi connectivity index (χ0v) is 18.5. The van der Waals surface area contributed by atoms with Gasteiger partial charge in [-0.1, -0.05) is 48.5 Å². The molecular formula is C25H17N5O3S. The Balaban J connectivity index is 1.61. The van der Waals surface area contributed by atoms with Crippen LogP contribution in [-0.2, 0) is 4.79 Å². The van der Waals surface area contributed by atoms with Crippen LogP contribution in [0.1, 0.15) is 5.56 Å². The molecule has 1 fully saturated rings. The lowest BCUT2D eigenvalue weighted by molar-refractivity contribution is -0.384. The number of amides is 1. The Labute approximate surface area is 199 Å². The number of nitrogens with zero attached hydrogens (tertiary/aromatic N) is 4. The summed E-state index contributed by atoms with van der Waals surface area (Å²) in [6.45, 7) is 0. The quantitative estimate of drug-likeness (QED) is 0.198. The minimum Gasteiger partial charge on any atom is -0.327 e. The van der Waals surface area contributed by atoms with Gasteiger partial charge in [0.2, 0.25) is 0 Å². The zero-order valence-electron chi connectivity index (χ0n) is 17.7. The number of carbonyl (C=O) groups excluding carboxylic acids is 1. The highest BCUT2D eigenvalue weighted by molar-refractivity contribution is 7.80. The summed E-state index contributed by atoms with van der Waals surface area (Å²) in [5, 5.41) is 19.3. The van der Waals surface area contributed by atoms with Crippen molar-refractivity contribution in [2.75, 3.05) is 4.90 Å². The number of aromatic nitrogens is 2. The number of hydrogen-bond acceptors (Lipinski definition) is 5. The van der Waals surface area contributed by atoms with E-state index in [0.29, 0.717) is 22.5 Å². The Kier molecular flexibility index (Phi) is 5.44. The van der Waals surface area contributed by atoms with Crippen molar-refractivity contribution in [1.82, 2.24) is 15.1 Å². The summed E-state index contributed by atoms with van der Waals surface area (Å²) in [4.78, 5) is 25.5. The fourth-order valence-electron chi connectivity index (χ4n) is 3.70. The van der Waals surface area contributed by atoms with Gasteiger partial charge >= 0.3 is 0 Å². The fraction of sp³-hybridized carbons (Fsp3) is 0. The lowest BCUT2D eigenvalue weighted by Crippen LogP contribution is -2.30. The van der Waals surface area contributed by atoms with E-state index in [1.54, 1.807) is 41.2 Å². The Morgan fingerprint density at radius 2 is 1.62 bits per heavy atom. The number of nitro groups is 1. The average Bonchev–Trinajstić information content (AvgIpc) is 3.40. The molecule has 4 aromatic rings. The maximum atomic E-state index is 13.2. The zero-order chi connectivity index (χ0) is 23.7. The van der Waals surface area contributed by atoms with Gasteiger partial charge < -0.3 is 5.32 Å². The van der Waals surface area contributed by atoms with Gasteiger partial charge in [-0.25, -0.2) is 4.68 Å². The fourth-order valence-corrected chi connectivity index (χ4v) is 4.00. The summed E-state index contributed by atoms with van der Waals surface area (Å²) in [5.41, 5.74) is 3.38. The predicted octanol–water partition coefficient (Wildman–Crippen LogP) is 4.71. The highest BCUT2D eigenvalue weighted by Crippen LogP contribution is 2.30. The maximum absolute atomic E-state index is 13.2. The first kappa shape index (κ1) is 21.2. The van der Waals surface area contributed by atoms with Crippen molar-refractivity contribution in [2.24, 2.45) is 0 Å². The molecule has 0 radical (unpaired) electrons. The van der Waals surface area contributed by atoms with Gasteiger partial charge in [0, 0.05) is 29.5 Å². The van der Waals surface area contributed by atoms with Gasteiger partial charge in [0.15, 0.2) is 5.11 Å². The number of para-hydroxylation sites is 2. The molecule has 9 heteroatoms. The van der Waals surface area contributed by atoms with E-state index in [2.05, 4.69) is 10.4 Å². The summed E-state index contributed by atoms with van der Waals surface area (Å²) < 4.78 is 1.67. The molecule has 166 valence electrons. The van der Waals surface area contributed by atoms with Gasteiger partial charge in [0.1, 0.15) is 11.4 Å². The smallest absolute Gasteiger partial charge is 0.281 e. The molecule has 1 aliphatic rings. The van der Waals surface area contributed by atoms with Gasteiger partial charge in [-0.05, 0) is 42.6 Å². The Morgan fingerprint density at radius 1 is 0.941 bits per heavy atom. The highest BCUT2D eigenvalue weighted by Gasteiger charge is 2.32. The molecule has 34 heavy (non-hydrogen) atoms. The number of nitrogens with one attached hydrogen (secondary N) is 1. The molecule has 0 saturated carbocycles. The Morgan fingerprint density at radius 3 is 2.29 bits per heavy atom. The molecule has 0 bridgehead atoms. The first-order chi connectivity index (χ1) is 16.5. The van der Waals surface area contributed by atoms with Crippen LogP contribution in [0.4, 0.5) is 11.4 Å². The monoisotopic (exact) mass is 467 g/mol. The molecule has 0 unspecified atom stereocenters. The summed E-state index contributed by atoms with van der Waals surface area (Å²) in [6, 6.07) is 24.8. The van der Waals surface area contributed by atoms with Crippen LogP contribution in [0.2, 0.25) is 0 Å². The minimum absolute atomic E-state index is 0.0446. The van der Waals surface area contributed by atoms with E-state index in [4.69, 9.17) is 12.2 Å². The summed E-state index contributed by atoms with van der Waals surface area (Å²) in [6.07, 6.45) is 3.44. The van der Waals surface area contributed by atoms with E-state index in [1.807, 2.05) is 48.5 Å². The molecule has 3 aromatic carbocycles. The van der Waals surface area contributed by atoms with Gasteiger partial charge in [-0.2, -0.15) is 5.10 Å². The van der Waals surface area contributed by atoms with Crippen molar-refractivity contribution >= 4 is 40.7 Å². The second-order valence-corrected chi connectivity index (χ2v) is 7.87. The SMILES string of the molecule is O=C1C(=Cc2cn(-c3ccccc3)nc2-c2cccc([N+](=O)[O-])c2)NC(=S)N1c1ccccc1. The number of benzene rings is 3. The molecular weight excluding hydrogens is 450 g/mol. The van der Waals surface area contributed by atoms with Crippen LogP contribution in [-0.4, -0.2) is 25.7 Å². The van der Waals surface area contributed by atoms with Crippen LogP contribution < -0.4 is 10.2 Å². The van der Waals surface area contributed by atoms with Crippen LogP contribution in [0.3, 0.4) is 0 Å². The average molecular weight is 468 g/mol. The van der Waals surface area contributed by atoms with Crippen molar-refractivity contribution in [3.63, 3.8) is 0 Å². The van der Waals surface area contributed by atoms with E-state index >= 15 is 0 Å². The molecule has 5 rings (SSSR count). The Hall–Kier alpha value is -4.63. The number of rotatable bonds is 5. The maximum Gasteiger partial charge on any atom is 0.281 e. The molecule has 1 saturated heterocycles. The van der Waals surface area contributed by atoms with E-state index in [0.717, 1.165) is 5.69 Å². The van der Waals surface area contributed by atoms with Crippen LogP contribution in [0.25, 0.3) is 23.0 Å². The molecule has 0 atom stereocenters. The number of thiocarbonyl (C=S) groups is 1. The van der Waals surface area contributed by atoms with Crippen LogP contribution in [0.5, 0.6) is 0 Å². The molecule has 1 N–H and O–H groups in total. The first-order valence-corrected chi connectivity index (χ1v) is 10.7. The summed E-state index contributed by atoms with van der Waals surface area (Å²) in [7, 11) is 0. The van der Waals surface area contributed by atoms with Crippen LogP contribution in [0.15, 0.2) is 96.8 Å². The second-order valence-electron chi connectivity index (χ2n) is 7.48. The van der Waals surface area contributed by atoms with Gasteiger partial charge in [-0.15, -0.1) is 0 Å². The van der Waals surface area contributed by atoms with Crippen molar-refractivity contribution in [3.05, 3.63) is 113 Å². The van der Waals surface area contributed by atoms with Crippen molar-refractivity contribution in [2.45, 2.75) is 0 Å². The van der Waals surface area contributed by atoms with Crippen molar-refractivity contribution in [1.29, 1.82) is 0 Å². The topological polar surface area (TPSA) is 93.3 Å². The number of hydrogen-bond donors (Lipinski definition) is 1. The molecule has 0 aliphatic carbocycles. The molecule has 2 heterocycles. The van der Waals surface area contributed by atoms with Gasteiger partial charge in [0.05, 0.1) is 16.3 Å². The number of anilines is 1. The molecule has 1 aliphatic heterocycles. The number of non-ortho nitro benzene ring substituents is 1. The van der Waals surface area contributed by atoms with Crippen molar-refractivity contribution in [3.8, 4) is 16.9 Å². The molecule has 1 aromatic heterocycles. The third kappa shape index (κ3) is 3.96. The van der Waals surface area contributed by atoms with E-state index in [-0.39, 0.29) is 22.4 Å². The Bertz CT molecular complexity index is 1450. The summed E-state index contributed by atoms with van der Waals surface area (Å²) in [5.74, 6) is -0.298. The lowest BCUT2D eigenvalue weighted by atomic mass is 10.1. The standard InChI is InChI=1S/C25H17N5O3S/c31-24-22(26-25(34)29(24)20-11-5-2-6-12-20)15-18-16-28(19-9-3-1-4-10-19)27-23(18)17-8-7-13-21(14-17)30(32)33/h1-16H,(H,26,34). The third-order valence-corrected chi connectivity index (χ3v) is 5.57. The van der Waals surface area contributed by atoms with Gasteiger partial charge in [0.25, 0.3) is 11.6 Å². The minimum atomic E-state index is -0.450. The number of nitro benzene ring substituents is 1. The second kappa shape index (κ2) is 8.72. The van der Waals surface area contributed by atoms with Crippen molar-refractivity contribution < 1.29 is 9.72 Å². The predicted molar refractivity (Wildman–Crippen MR) is 133 cm³/mol. The van der Waals surface area contributed by atoms with E-state index < -0.39 is 4.92 Å². The largest absolute Gasteiger partial charge is 0.327 e. The number of carbonyl (C=O) groups is 1. The molecule has 1 amide bonds. The van der Waals surface area contributed by atoms with Gasteiger partial charge in [-0.3, -0.25) is 19.8 Å². The normalized spacial score (nSPS) is 14.5. The molecule has 8 nitrogen and oxygen atoms in total. The van der Waals surface area contributed by atoms with E-state index in [9.17, 15) is 14.9 Å². The first-order valence-electron chi connectivity index (χ1n) is 10.3. The van der Waals surface area contributed by atoms with Crippen LogP contribution in [0, 0.1) is 10.1 Å². The summed E-state index contributed by atoms with van der Waals surface area (Å²) >= 11 is 5.40. The third-order valence-electron chi connectivity index (χ3n) is 5.29. The van der Waals surface area contributed by atoms with E-state index in [1.165, 1.54) is 17.0 Å². The lowest BCUT2D eigenvalue weighted by Gasteiger charge is -2.13. The molecule has 0 spiro atoms. The van der Waals surface area contributed by atoms with Crippen LogP contribution >= 0.6 is 12.2 Å². The highest BCUT2D eigenvalue weighted by atomic mass is 32.1.